The first kappa shape index (κ1) is 26.9. The topological polar surface area (TPSA) is 110 Å². The Balaban J connectivity index is 0.978. The number of aromatic amines is 1. The Morgan fingerprint density at radius 3 is 2.29 bits per heavy atom. The maximum absolute atomic E-state index is 11.2. The lowest BCUT2D eigenvalue weighted by Gasteiger charge is -2.33. The number of hydrogen-bond acceptors (Lipinski definition) is 8. The van der Waals surface area contributed by atoms with Gasteiger partial charge in [-0.15, -0.1) is 0 Å². The van der Waals surface area contributed by atoms with Crippen LogP contribution in [0.25, 0.3) is 33.9 Å². The Labute approximate surface area is 251 Å². The summed E-state index contributed by atoms with van der Waals surface area (Å²) in [5.41, 5.74) is 6.02. The first-order valence-electron chi connectivity index (χ1n) is 14.0. The van der Waals surface area contributed by atoms with E-state index in [1.807, 2.05) is 54.7 Å². The molecule has 2 fully saturated rings. The Morgan fingerprint density at radius 2 is 1.64 bits per heavy atom. The van der Waals surface area contributed by atoms with Crippen LogP contribution in [0.15, 0.2) is 74.6 Å². The summed E-state index contributed by atoms with van der Waals surface area (Å²) in [6.45, 7) is 2.16. The third-order valence-electron chi connectivity index (χ3n) is 7.88. The molecule has 0 spiro atoms. The highest BCUT2D eigenvalue weighted by Crippen LogP contribution is 2.46. The van der Waals surface area contributed by atoms with E-state index in [2.05, 4.69) is 30.8 Å². The van der Waals surface area contributed by atoms with Crippen LogP contribution in [0.2, 0.25) is 10.0 Å². The van der Waals surface area contributed by atoms with Crippen LogP contribution in [-0.2, 0) is 11.3 Å². The predicted octanol–water partition coefficient (Wildman–Crippen LogP) is 7.12. The van der Waals surface area contributed by atoms with Gasteiger partial charge in [-0.2, -0.15) is 0 Å². The van der Waals surface area contributed by atoms with Gasteiger partial charge in [-0.3, -0.25) is 14.5 Å². The summed E-state index contributed by atoms with van der Waals surface area (Å²) in [4.78, 5) is 20.8. The monoisotopic (exact) mass is 603 g/mol. The van der Waals surface area contributed by atoms with Crippen molar-refractivity contribution in [3.05, 3.63) is 92.7 Å². The molecule has 0 amide bonds. The molecule has 42 heavy (non-hydrogen) atoms. The zero-order valence-electron chi connectivity index (χ0n) is 22.6. The van der Waals surface area contributed by atoms with Gasteiger partial charge in [-0.05, 0) is 49.9 Å². The van der Waals surface area contributed by atoms with Crippen LogP contribution in [0.5, 0.6) is 0 Å². The second-order valence-electron chi connectivity index (χ2n) is 10.7. The molecule has 2 aromatic carbocycles. The van der Waals surface area contributed by atoms with Gasteiger partial charge in [-0.1, -0.05) is 63.8 Å². The fraction of sp³-hybridized carbons (Fsp3) is 0.290. The van der Waals surface area contributed by atoms with E-state index in [4.69, 9.17) is 37.4 Å². The van der Waals surface area contributed by atoms with Crippen molar-refractivity contribution < 1.29 is 13.8 Å². The van der Waals surface area contributed by atoms with Crippen molar-refractivity contribution in [2.75, 3.05) is 18.0 Å². The minimum atomic E-state index is -0.576. The van der Waals surface area contributed by atoms with E-state index < -0.39 is 5.76 Å². The smallest absolute Gasteiger partial charge is 0.373 e. The number of nitrogens with zero attached hydrogens (tertiary/aromatic N) is 4. The molecule has 1 aliphatic carbocycles. The van der Waals surface area contributed by atoms with Gasteiger partial charge in [0.25, 0.3) is 0 Å². The molecule has 1 saturated carbocycles. The van der Waals surface area contributed by atoms with Crippen molar-refractivity contribution in [1.29, 1.82) is 0 Å². The summed E-state index contributed by atoms with van der Waals surface area (Å²) in [6, 6.07) is 17.2. The number of halogens is 2. The second kappa shape index (κ2) is 11.4. The number of nitrogens with one attached hydrogen (secondary N) is 1. The van der Waals surface area contributed by atoms with Crippen molar-refractivity contribution in [2.24, 2.45) is 0 Å². The average Bonchev–Trinajstić information content (AvgIpc) is 3.64. The number of benzene rings is 2. The molecule has 1 N–H and O–H groups in total. The molecule has 5 aromatic rings. The van der Waals surface area contributed by atoms with E-state index >= 15 is 0 Å². The van der Waals surface area contributed by atoms with Crippen molar-refractivity contribution in [1.82, 2.24) is 20.3 Å². The molecule has 0 radical (unpaired) electrons. The molecule has 0 atom stereocenters. The largest absolute Gasteiger partial charge is 0.439 e. The fourth-order valence-electron chi connectivity index (χ4n) is 5.43. The standard InChI is InChI=1S/C31H27Cl2N5O4/c32-24-2-1-3-25(33)27(24)28-23(29(41-36-28)19-6-7-19)17-40-22-12-14-38(15-13-22)21-10-11-26(34-16-21)18-4-8-20(9-5-18)30-35-31(39)42-37-30/h1-5,8-11,16,19,22H,6-7,12-15,17H2,(H,35,37,39). The van der Waals surface area contributed by atoms with Crippen LogP contribution in [0.1, 0.15) is 42.9 Å². The lowest BCUT2D eigenvalue weighted by Crippen LogP contribution is -2.37. The zero-order valence-corrected chi connectivity index (χ0v) is 24.1. The maximum Gasteiger partial charge on any atom is 0.439 e. The first-order chi connectivity index (χ1) is 20.5. The predicted molar refractivity (Wildman–Crippen MR) is 160 cm³/mol. The van der Waals surface area contributed by atoms with Crippen molar-refractivity contribution in [3.63, 3.8) is 0 Å². The minimum Gasteiger partial charge on any atom is -0.373 e. The van der Waals surface area contributed by atoms with Gasteiger partial charge in [0, 0.05) is 41.3 Å². The maximum atomic E-state index is 11.2. The van der Waals surface area contributed by atoms with E-state index in [1.165, 1.54) is 0 Å². The summed E-state index contributed by atoms with van der Waals surface area (Å²) < 4.78 is 16.8. The van der Waals surface area contributed by atoms with Crippen LogP contribution < -0.4 is 10.7 Å². The Bertz CT molecular complexity index is 1730. The van der Waals surface area contributed by atoms with Crippen LogP contribution in [0, 0.1) is 0 Å². The Hall–Kier alpha value is -3.92. The Morgan fingerprint density at radius 1 is 0.905 bits per heavy atom. The van der Waals surface area contributed by atoms with Crippen LogP contribution >= 0.6 is 23.2 Å². The van der Waals surface area contributed by atoms with Crippen LogP contribution in [-0.4, -0.2) is 39.5 Å². The first-order valence-corrected chi connectivity index (χ1v) is 14.7. The molecule has 1 saturated heterocycles. The van der Waals surface area contributed by atoms with Gasteiger partial charge < -0.3 is 14.2 Å². The molecule has 1 aliphatic heterocycles. The molecule has 0 bridgehead atoms. The van der Waals surface area contributed by atoms with Crippen molar-refractivity contribution >= 4 is 28.9 Å². The number of ether oxygens (including phenoxy) is 1. The fourth-order valence-corrected chi connectivity index (χ4v) is 6.00. The summed E-state index contributed by atoms with van der Waals surface area (Å²) >= 11 is 13.0. The molecule has 3 aromatic heterocycles. The Kier molecular flexibility index (Phi) is 7.31. The highest BCUT2D eigenvalue weighted by molar-refractivity contribution is 6.39. The van der Waals surface area contributed by atoms with Gasteiger partial charge >= 0.3 is 5.76 Å². The number of H-pyrrole nitrogens is 1. The number of anilines is 1. The third-order valence-corrected chi connectivity index (χ3v) is 8.51. The van der Waals surface area contributed by atoms with Gasteiger partial charge in [0.15, 0.2) is 5.82 Å². The zero-order chi connectivity index (χ0) is 28.6. The van der Waals surface area contributed by atoms with Gasteiger partial charge in [0.1, 0.15) is 11.5 Å². The SMILES string of the molecule is O=c1[nH]c(-c2ccc(-c3ccc(N4CCC(OCc5c(-c6c(Cl)cccc6Cl)noc5C5CC5)CC4)cn3)cc2)no1. The van der Waals surface area contributed by atoms with Crippen LogP contribution in [0.4, 0.5) is 5.69 Å². The number of hydrogen-bond donors (Lipinski definition) is 1. The highest BCUT2D eigenvalue weighted by atomic mass is 35.5. The summed E-state index contributed by atoms with van der Waals surface area (Å²) in [7, 11) is 0. The number of piperidine rings is 1. The van der Waals surface area contributed by atoms with E-state index in [1.54, 1.807) is 0 Å². The van der Waals surface area contributed by atoms with Gasteiger partial charge in [0.2, 0.25) is 0 Å². The minimum absolute atomic E-state index is 0.128. The van der Waals surface area contributed by atoms with Gasteiger partial charge in [0.05, 0.1) is 40.3 Å². The summed E-state index contributed by atoms with van der Waals surface area (Å²) in [5, 5.41) is 9.20. The quantitative estimate of drug-likeness (QED) is 0.199. The second-order valence-corrected chi connectivity index (χ2v) is 11.5. The normalized spacial score (nSPS) is 15.8. The molecule has 4 heterocycles. The van der Waals surface area contributed by atoms with Crippen molar-refractivity contribution in [3.8, 4) is 33.9 Å². The molecular formula is C31H27Cl2N5O4. The van der Waals surface area contributed by atoms with E-state index in [-0.39, 0.29) is 6.10 Å². The average molecular weight is 604 g/mol. The number of aromatic nitrogens is 4. The van der Waals surface area contributed by atoms with Gasteiger partial charge in [-0.25, -0.2) is 4.79 Å². The van der Waals surface area contributed by atoms with Crippen LogP contribution in [0.3, 0.4) is 0 Å². The lowest BCUT2D eigenvalue weighted by atomic mass is 10.0. The molecular weight excluding hydrogens is 577 g/mol. The van der Waals surface area contributed by atoms with Crippen molar-refractivity contribution in [2.45, 2.75) is 44.3 Å². The molecule has 7 rings (SSSR count). The van der Waals surface area contributed by atoms with E-state index in [0.717, 1.165) is 72.6 Å². The van der Waals surface area contributed by atoms with E-state index in [9.17, 15) is 4.79 Å². The molecule has 2 aliphatic rings. The summed E-state index contributed by atoms with van der Waals surface area (Å²) in [5.74, 6) is 1.11. The molecule has 214 valence electrons. The molecule has 11 heteroatoms. The number of rotatable bonds is 8. The third kappa shape index (κ3) is 5.47. The number of pyridine rings is 1. The molecule has 9 nitrogen and oxygen atoms in total. The molecule has 0 unspecified atom stereocenters. The highest BCUT2D eigenvalue weighted by Gasteiger charge is 2.34. The van der Waals surface area contributed by atoms with E-state index in [0.29, 0.717) is 39.7 Å². The lowest BCUT2D eigenvalue weighted by molar-refractivity contribution is 0.0246. The summed E-state index contributed by atoms with van der Waals surface area (Å²) in [6.07, 6.45) is 6.04.